The van der Waals surface area contributed by atoms with Crippen LogP contribution in [0, 0.1) is 11.3 Å². The van der Waals surface area contributed by atoms with Crippen LogP contribution in [-0.4, -0.2) is 42.2 Å². The molecule has 0 aliphatic heterocycles. The molecule has 0 spiro atoms. The number of rotatable bonds is 5. The van der Waals surface area contributed by atoms with Gasteiger partial charge in [-0.2, -0.15) is 5.26 Å². The Hall–Kier alpha value is -3.44. The van der Waals surface area contributed by atoms with E-state index in [1.165, 1.54) is 30.6 Å². The molecular formula is C19H16N4O3S. The van der Waals surface area contributed by atoms with E-state index in [-0.39, 0.29) is 21.8 Å². The third-order valence-electron chi connectivity index (χ3n) is 3.79. The average molecular weight is 380 g/mol. The zero-order valence-corrected chi connectivity index (χ0v) is 15.5. The van der Waals surface area contributed by atoms with Gasteiger partial charge >= 0.3 is 0 Å². The highest BCUT2D eigenvalue weighted by molar-refractivity contribution is 7.90. The average Bonchev–Trinajstić information content (AvgIpc) is 3.06. The van der Waals surface area contributed by atoms with Crippen LogP contribution in [0.3, 0.4) is 0 Å². The SMILES string of the molecule is CN(C)C=C(C#N)C(=O)c1cc2cccnc2n1S(=O)(=O)c1ccccc1. The second-order valence-corrected chi connectivity index (χ2v) is 7.76. The lowest BCUT2D eigenvalue weighted by molar-refractivity contribution is 0.103. The predicted molar refractivity (Wildman–Crippen MR) is 100 cm³/mol. The van der Waals surface area contributed by atoms with Crippen LogP contribution in [0.25, 0.3) is 11.0 Å². The molecule has 0 bridgehead atoms. The molecule has 8 heteroatoms. The van der Waals surface area contributed by atoms with Gasteiger partial charge in [0.25, 0.3) is 10.0 Å². The minimum atomic E-state index is -4.09. The minimum absolute atomic E-state index is 0.0253. The molecule has 7 nitrogen and oxygen atoms in total. The maximum Gasteiger partial charge on any atom is 0.270 e. The first-order valence-corrected chi connectivity index (χ1v) is 9.40. The molecule has 136 valence electrons. The van der Waals surface area contributed by atoms with Gasteiger partial charge in [-0.3, -0.25) is 4.79 Å². The van der Waals surface area contributed by atoms with E-state index in [0.717, 1.165) is 3.97 Å². The van der Waals surface area contributed by atoms with Crippen molar-refractivity contribution >= 4 is 26.8 Å². The Bertz CT molecular complexity index is 1190. The summed E-state index contributed by atoms with van der Waals surface area (Å²) in [6, 6.07) is 14.4. The second-order valence-electron chi connectivity index (χ2n) is 5.98. The van der Waals surface area contributed by atoms with Crippen molar-refractivity contribution in [3.8, 4) is 6.07 Å². The van der Waals surface area contributed by atoms with Gasteiger partial charge < -0.3 is 4.90 Å². The zero-order chi connectivity index (χ0) is 19.6. The third-order valence-corrected chi connectivity index (χ3v) is 5.50. The molecule has 1 aromatic carbocycles. The Morgan fingerprint density at radius 2 is 1.89 bits per heavy atom. The zero-order valence-electron chi connectivity index (χ0n) is 14.7. The largest absolute Gasteiger partial charge is 0.382 e. The molecule has 0 aliphatic rings. The van der Waals surface area contributed by atoms with Crippen molar-refractivity contribution in [2.24, 2.45) is 0 Å². The number of allylic oxidation sites excluding steroid dienone is 1. The molecule has 0 amide bonds. The number of hydrogen-bond acceptors (Lipinski definition) is 6. The van der Waals surface area contributed by atoms with Crippen molar-refractivity contribution in [2.75, 3.05) is 14.1 Å². The number of aromatic nitrogens is 2. The van der Waals surface area contributed by atoms with Crippen molar-refractivity contribution < 1.29 is 13.2 Å². The van der Waals surface area contributed by atoms with E-state index in [1.807, 2.05) is 6.07 Å². The summed E-state index contributed by atoms with van der Waals surface area (Å²) in [6.45, 7) is 0. The highest BCUT2D eigenvalue weighted by Crippen LogP contribution is 2.26. The number of ketones is 1. The van der Waals surface area contributed by atoms with E-state index >= 15 is 0 Å². The first kappa shape index (κ1) is 18.4. The van der Waals surface area contributed by atoms with Gasteiger partial charge in [-0.25, -0.2) is 17.4 Å². The Morgan fingerprint density at radius 3 is 2.52 bits per heavy atom. The summed E-state index contributed by atoms with van der Waals surface area (Å²) in [7, 11) is -0.747. The standard InChI is InChI=1S/C19H16N4O3S/c1-22(2)13-15(12-20)18(24)17-11-14-7-6-10-21-19(14)23(17)27(25,26)16-8-4-3-5-9-16/h3-11,13H,1-2H3. The van der Waals surface area contributed by atoms with Gasteiger partial charge in [-0.1, -0.05) is 18.2 Å². The van der Waals surface area contributed by atoms with Crippen LogP contribution in [0.15, 0.2) is 71.4 Å². The second kappa shape index (κ2) is 7.05. The first-order chi connectivity index (χ1) is 12.9. The fraction of sp³-hybridized carbons (Fsp3) is 0.105. The number of hydrogen-bond donors (Lipinski definition) is 0. The summed E-state index contributed by atoms with van der Waals surface area (Å²) in [4.78, 5) is 18.7. The van der Waals surface area contributed by atoms with Crippen LogP contribution >= 0.6 is 0 Å². The lowest BCUT2D eigenvalue weighted by Crippen LogP contribution is -2.20. The molecular weight excluding hydrogens is 364 g/mol. The van der Waals surface area contributed by atoms with Crippen molar-refractivity contribution in [1.29, 1.82) is 5.26 Å². The van der Waals surface area contributed by atoms with Crippen LogP contribution in [0.2, 0.25) is 0 Å². The van der Waals surface area contributed by atoms with Gasteiger partial charge in [0.1, 0.15) is 17.3 Å². The molecule has 27 heavy (non-hydrogen) atoms. The summed E-state index contributed by atoms with van der Waals surface area (Å²) in [5.41, 5.74) is -0.179. The molecule has 0 unspecified atom stereocenters. The first-order valence-electron chi connectivity index (χ1n) is 7.96. The molecule has 3 aromatic rings. The Labute approximate surface area is 156 Å². The van der Waals surface area contributed by atoms with Gasteiger partial charge in [-0.05, 0) is 30.3 Å². The van der Waals surface area contributed by atoms with Crippen LogP contribution in [0.5, 0.6) is 0 Å². The summed E-state index contributed by atoms with van der Waals surface area (Å²) >= 11 is 0. The maximum atomic E-state index is 13.2. The fourth-order valence-electron chi connectivity index (χ4n) is 2.65. The van der Waals surface area contributed by atoms with Crippen LogP contribution in [0.1, 0.15) is 10.5 Å². The summed E-state index contributed by atoms with van der Waals surface area (Å²) < 4.78 is 27.4. The van der Waals surface area contributed by atoms with Gasteiger partial charge in [0.2, 0.25) is 5.78 Å². The van der Waals surface area contributed by atoms with E-state index in [9.17, 15) is 18.5 Å². The van der Waals surface area contributed by atoms with Crippen LogP contribution < -0.4 is 0 Å². The van der Waals surface area contributed by atoms with E-state index in [0.29, 0.717) is 5.39 Å². The van der Waals surface area contributed by atoms with E-state index < -0.39 is 15.8 Å². The topological polar surface area (TPSA) is 96.1 Å². The minimum Gasteiger partial charge on any atom is -0.382 e. The van der Waals surface area contributed by atoms with E-state index in [1.54, 1.807) is 49.3 Å². The molecule has 0 saturated carbocycles. The van der Waals surface area contributed by atoms with Crippen molar-refractivity contribution in [1.82, 2.24) is 13.9 Å². The highest BCUT2D eigenvalue weighted by atomic mass is 32.2. The van der Waals surface area contributed by atoms with Crippen molar-refractivity contribution in [2.45, 2.75) is 4.90 Å². The third kappa shape index (κ3) is 3.32. The monoisotopic (exact) mass is 380 g/mol. The van der Waals surface area contributed by atoms with Gasteiger partial charge in [-0.15, -0.1) is 0 Å². The number of carbonyl (C=O) groups is 1. The Balaban J connectivity index is 2.32. The molecule has 0 saturated heterocycles. The molecule has 0 radical (unpaired) electrons. The summed E-state index contributed by atoms with van der Waals surface area (Å²) in [6.07, 6.45) is 2.81. The highest BCUT2D eigenvalue weighted by Gasteiger charge is 2.28. The fourth-order valence-corrected chi connectivity index (χ4v) is 4.13. The molecule has 2 aromatic heterocycles. The number of fused-ring (bicyclic) bond motifs is 1. The number of pyridine rings is 1. The molecule has 0 fully saturated rings. The quantitative estimate of drug-likeness (QED) is 0.383. The number of carbonyl (C=O) groups excluding carboxylic acids is 1. The smallest absolute Gasteiger partial charge is 0.270 e. The van der Waals surface area contributed by atoms with Gasteiger partial charge in [0.15, 0.2) is 5.65 Å². The maximum absolute atomic E-state index is 13.2. The van der Waals surface area contributed by atoms with E-state index in [4.69, 9.17) is 0 Å². The van der Waals surface area contributed by atoms with Gasteiger partial charge in [0.05, 0.1) is 4.90 Å². The number of nitriles is 1. The van der Waals surface area contributed by atoms with Crippen molar-refractivity contribution in [3.05, 3.63) is 72.2 Å². The van der Waals surface area contributed by atoms with Crippen LogP contribution in [-0.2, 0) is 10.0 Å². The number of benzene rings is 1. The molecule has 0 atom stereocenters. The normalized spacial score (nSPS) is 12.0. The Morgan fingerprint density at radius 1 is 1.19 bits per heavy atom. The lowest BCUT2D eigenvalue weighted by Gasteiger charge is -2.11. The van der Waals surface area contributed by atoms with E-state index in [2.05, 4.69) is 4.98 Å². The number of nitrogens with zero attached hydrogens (tertiary/aromatic N) is 4. The van der Waals surface area contributed by atoms with Crippen LogP contribution in [0.4, 0.5) is 0 Å². The number of Topliss-reactive ketones (excluding diaryl/α,β-unsaturated/α-hetero) is 1. The summed E-state index contributed by atoms with van der Waals surface area (Å²) in [5, 5.41) is 9.84. The van der Waals surface area contributed by atoms with Crippen molar-refractivity contribution in [3.63, 3.8) is 0 Å². The Kier molecular flexibility index (Phi) is 4.79. The molecule has 2 heterocycles. The van der Waals surface area contributed by atoms with Gasteiger partial charge in [0, 0.05) is 31.9 Å². The molecule has 0 aliphatic carbocycles. The lowest BCUT2D eigenvalue weighted by atomic mass is 10.1. The summed E-state index contributed by atoms with van der Waals surface area (Å²) in [5.74, 6) is -0.691. The predicted octanol–water partition coefficient (Wildman–Crippen LogP) is 2.43. The molecule has 0 N–H and O–H groups in total. The molecule has 3 rings (SSSR count).